The summed E-state index contributed by atoms with van der Waals surface area (Å²) in [5.74, 6) is 0.768. The van der Waals surface area contributed by atoms with E-state index in [0.29, 0.717) is 11.5 Å². The van der Waals surface area contributed by atoms with E-state index in [4.69, 9.17) is 0 Å². The van der Waals surface area contributed by atoms with E-state index in [1.165, 1.54) is 37.7 Å². The van der Waals surface area contributed by atoms with Crippen molar-refractivity contribution in [1.29, 1.82) is 0 Å². The number of benzene rings is 1. The van der Waals surface area contributed by atoms with Crippen LogP contribution in [0.2, 0.25) is 0 Å². The monoisotopic (exact) mass is 323 g/mol. The Labute approximate surface area is 126 Å². The highest BCUT2D eigenvalue weighted by Gasteiger charge is 2.41. The molecule has 0 spiro atoms. The Morgan fingerprint density at radius 1 is 1.16 bits per heavy atom. The highest BCUT2D eigenvalue weighted by Crippen LogP contribution is 2.51. The number of hydrogen-bond acceptors (Lipinski definition) is 1. The SMILES string of the molecule is CNC(c1ccc(Br)cc1)C1(CC(C)C)CCCC1. The van der Waals surface area contributed by atoms with E-state index in [1.54, 1.807) is 0 Å². The lowest BCUT2D eigenvalue weighted by Gasteiger charge is -2.39. The van der Waals surface area contributed by atoms with E-state index in [-0.39, 0.29) is 0 Å². The van der Waals surface area contributed by atoms with Gasteiger partial charge in [0.15, 0.2) is 0 Å². The predicted octanol–water partition coefficient (Wildman–Crippen LogP) is 5.32. The van der Waals surface area contributed by atoms with Crippen LogP contribution >= 0.6 is 15.9 Å². The van der Waals surface area contributed by atoms with Crippen molar-refractivity contribution in [3.05, 3.63) is 34.3 Å². The van der Waals surface area contributed by atoms with Crippen LogP contribution in [0.3, 0.4) is 0 Å². The molecule has 1 unspecified atom stereocenters. The minimum atomic E-state index is 0.455. The summed E-state index contributed by atoms with van der Waals surface area (Å²) in [7, 11) is 2.12. The van der Waals surface area contributed by atoms with Crippen molar-refractivity contribution in [1.82, 2.24) is 5.32 Å². The smallest absolute Gasteiger partial charge is 0.0374 e. The number of nitrogens with one attached hydrogen (secondary N) is 1. The van der Waals surface area contributed by atoms with E-state index < -0.39 is 0 Å². The van der Waals surface area contributed by atoms with E-state index in [1.807, 2.05) is 0 Å². The topological polar surface area (TPSA) is 12.0 Å². The highest BCUT2D eigenvalue weighted by atomic mass is 79.9. The summed E-state index contributed by atoms with van der Waals surface area (Å²) in [5.41, 5.74) is 1.89. The Kier molecular flexibility index (Phi) is 5.08. The molecule has 2 rings (SSSR count). The first-order valence-electron chi connectivity index (χ1n) is 7.50. The lowest BCUT2D eigenvalue weighted by atomic mass is 9.70. The van der Waals surface area contributed by atoms with Crippen LogP contribution in [-0.2, 0) is 0 Å². The second-order valence-electron chi connectivity index (χ2n) is 6.44. The molecule has 0 amide bonds. The van der Waals surface area contributed by atoms with E-state index in [9.17, 15) is 0 Å². The number of hydrogen-bond donors (Lipinski definition) is 1. The molecule has 1 aliphatic rings. The van der Waals surface area contributed by atoms with Crippen LogP contribution in [0.5, 0.6) is 0 Å². The zero-order valence-corrected chi connectivity index (χ0v) is 14.0. The molecule has 0 saturated heterocycles. The fourth-order valence-corrected chi connectivity index (χ4v) is 4.25. The first-order valence-corrected chi connectivity index (χ1v) is 8.29. The summed E-state index contributed by atoms with van der Waals surface area (Å²) < 4.78 is 1.16. The summed E-state index contributed by atoms with van der Waals surface area (Å²) in [6, 6.07) is 9.36. The van der Waals surface area contributed by atoms with Gasteiger partial charge in [-0.3, -0.25) is 0 Å². The van der Waals surface area contributed by atoms with Crippen molar-refractivity contribution in [2.45, 2.75) is 52.0 Å². The van der Waals surface area contributed by atoms with Gasteiger partial charge in [-0.1, -0.05) is 54.8 Å². The molecule has 2 heteroatoms. The van der Waals surface area contributed by atoms with E-state index in [0.717, 1.165) is 10.4 Å². The van der Waals surface area contributed by atoms with Gasteiger partial charge in [0.2, 0.25) is 0 Å². The molecule has 1 fully saturated rings. The maximum Gasteiger partial charge on any atom is 0.0374 e. The molecule has 1 atom stereocenters. The molecule has 1 N–H and O–H groups in total. The number of halogens is 1. The van der Waals surface area contributed by atoms with Crippen LogP contribution < -0.4 is 5.32 Å². The van der Waals surface area contributed by atoms with Crippen molar-refractivity contribution >= 4 is 15.9 Å². The van der Waals surface area contributed by atoms with Gasteiger partial charge < -0.3 is 5.32 Å². The van der Waals surface area contributed by atoms with Crippen LogP contribution in [0.25, 0.3) is 0 Å². The second kappa shape index (κ2) is 6.41. The Morgan fingerprint density at radius 3 is 2.21 bits per heavy atom. The Morgan fingerprint density at radius 2 is 1.74 bits per heavy atom. The van der Waals surface area contributed by atoms with Crippen molar-refractivity contribution in [3.63, 3.8) is 0 Å². The van der Waals surface area contributed by atoms with Gasteiger partial charge in [-0.2, -0.15) is 0 Å². The van der Waals surface area contributed by atoms with Crippen LogP contribution in [0.1, 0.15) is 57.6 Å². The molecule has 0 aliphatic heterocycles. The summed E-state index contributed by atoms with van der Waals surface area (Å²) in [5, 5.41) is 3.61. The molecule has 1 aromatic rings. The summed E-state index contributed by atoms with van der Waals surface area (Å²) in [6.45, 7) is 4.71. The molecular weight excluding hydrogens is 298 g/mol. The Hall–Kier alpha value is -0.340. The lowest BCUT2D eigenvalue weighted by molar-refractivity contribution is 0.162. The third kappa shape index (κ3) is 3.41. The van der Waals surface area contributed by atoms with Gasteiger partial charge >= 0.3 is 0 Å². The molecule has 1 aromatic carbocycles. The summed E-state index contributed by atoms with van der Waals surface area (Å²) in [6.07, 6.45) is 6.84. The molecule has 0 bridgehead atoms. The van der Waals surface area contributed by atoms with Gasteiger partial charge in [0.05, 0.1) is 0 Å². The van der Waals surface area contributed by atoms with Crippen LogP contribution in [0.4, 0.5) is 0 Å². The van der Waals surface area contributed by atoms with Crippen molar-refractivity contribution in [2.24, 2.45) is 11.3 Å². The molecule has 1 saturated carbocycles. The first-order chi connectivity index (χ1) is 9.07. The van der Waals surface area contributed by atoms with Gasteiger partial charge in [-0.05, 0) is 55.3 Å². The molecule has 0 aromatic heterocycles. The average Bonchev–Trinajstić information content (AvgIpc) is 2.81. The van der Waals surface area contributed by atoms with Crippen molar-refractivity contribution in [2.75, 3.05) is 7.05 Å². The van der Waals surface area contributed by atoms with E-state index >= 15 is 0 Å². The minimum Gasteiger partial charge on any atom is -0.313 e. The zero-order chi connectivity index (χ0) is 13.9. The van der Waals surface area contributed by atoms with Crippen molar-refractivity contribution < 1.29 is 0 Å². The van der Waals surface area contributed by atoms with Crippen LogP contribution in [-0.4, -0.2) is 7.05 Å². The van der Waals surface area contributed by atoms with Gasteiger partial charge in [-0.25, -0.2) is 0 Å². The number of rotatable bonds is 5. The molecule has 19 heavy (non-hydrogen) atoms. The maximum absolute atomic E-state index is 3.61. The third-order valence-corrected chi connectivity index (χ3v) is 5.05. The summed E-state index contributed by atoms with van der Waals surface area (Å²) in [4.78, 5) is 0. The molecule has 1 nitrogen and oxygen atoms in total. The fourth-order valence-electron chi connectivity index (χ4n) is 3.98. The average molecular weight is 324 g/mol. The fraction of sp³-hybridized carbons (Fsp3) is 0.647. The molecule has 0 radical (unpaired) electrons. The molecule has 1 aliphatic carbocycles. The predicted molar refractivity (Wildman–Crippen MR) is 86.3 cm³/mol. The maximum atomic E-state index is 3.61. The Bertz CT molecular complexity index is 390. The van der Waals surface area contributed by atoms with Crippen LogP contribution in [0, 0.1) is 11.3 Å². The van der Waals surface area contributed by atoms with E-state index in [2.05, 4.69) is 66.4 Å². The van der Waals surface area contributed by atoms with Gasteiger partial charge in [0.1, 0.15) is 0 Å². The molecular formula is C17H26BrN. The summed E-state index contributed by atoms with van der Waals surface area (Å²) >= 11 is 3.53. The third-order valence-electron chi connectivity index (χ3n) is 4.52. The first kappa shape index (κ1) is 15.1. The largest absolute Gasteiger partial charge is 0.313 e. The molecule has 106 valence electrons. The quantitative estimate of drug-likeness (QED) is 0.773. The normalized spacial score (nSPS) is 19.8. The second-order valence-corrected chi connectivity index (χ2v) is 7.36. The standard InChI is InChI=1S/C17H26BrN/c1-13(2)12-17(10-4-5-11-17)16(19-3)14-6-8-15(18)9-7-14/h6-9,13,16,19H,4-5,10-12H2,1-3H3. The molecule has 0 heterocycles. The zero-order valence-electron chi connectivity index (χ0n) is 12.4. The van der Waals surface area contributed by atoms with Crippen molar-refractivity contribution in [3.8, 4) is 0 Å². The minimum absolute atomic E-state index is 0.455. The van der Waals surface area contributed by atoms with Gasteiger partial charge in [0, 0.05) is 10.5 Å². The van der Waals surface area contributed by atoms with Gasteiger partial charge in [0.25, 0.3) is 0 Å². The Balaban J connectivity index is 2.29. The lowest BCUT2D eigenvalue weighted by Crippen LogP contribution is -2.35. The van der Waals surface area contributed by atoms with Gasteiger partial charge in [-0.15, -0.1) is 0 Å². The highest BCUT2D eigenvalue weighted by molar-refractivity contribution is 9.10. The van der Waals surface area contributed by atoms with Crippen LogP contribution in [0.15, 0.2) is 28.7 Å².